The van der Waals surface area contributed by atoms with Crippen molar-refractivity contribution in [3.8, 4) is 5.75 Å². The van der Waals surface area contributed by atoms with Crippen LogP contribution in [0.5, 0.6) is 5.75 Å². The Hall–Kier alpha value is -2.67. The van der Waals surface area contributed by atoms with Crippen LogP contribution in [0.4, 0.5) is 0 Å². The fraction of sp³-hybridized carbons (Fsp3) is 0.607. The molecule has 0 saturated heterocycles. The SMILES string of the molecule is CC(=O)C1C(=O)C(C(C)C)[C@@]2(C)C[C@@]3(C)Cc4c(C(C)C)ccc(O)c4C(=O)C3C(=O)[C@@]2(O)C1=O. The molecular weight excluding hydrogens is 448 g/mol. The predicted octanol–water partition coefficient (Wildman–Crippen LogP) is 3.22. The molecule has 1 aromatic rings. The van der Waals surface area contributed by atoms with Gasteiger partial charge in [0, 0.05) is 11.3 Å². The monoisotopic (exact) mass is 482 g/mol. The van der Waals surface area contributed by atoms with Crippen molar-refractivity contribution in [1.29, 1.82) is 0 Å². The third kappa shape index (κ3) is 3.03. The molecule has 1 aromatic carbocycles. The summed E-state index contributed by atoms with van der Waals surface area (Å²) < 4.78 is 0. The molecule has 7 heteroatoms. The largest absolute Gasteiger partial charge is 0.507 e. The Kier molecular flexibility index (Phi) is 5.57. The topological polar surface area (TPSA) is 126 Å². The van der Waals surface area contributed by atoms with Gasteiger partial charge in [-0.25, -0.2) is 0 Å². The molecule has 3 unspecified atom stereocenters. The number of Topliss-reactive ketones (excluding diaryl/α,β-unsaturated/α-hetero) is 5. The van der Waals surface area contributed by atoms with Crippen molar-refractivity contribution in [2.45, 2.75) is 72.8 Å². The zero-order valence-corrected chi connectivity index (χ0v) is 21.4. The Morgan fingerprint density at radius 2 is 1.63 bits per heavy atom. The van der Waals surface area contributed by atoms with E-state index >= 15 is 0 Å². The van der Waals surface area contributed by atoms with Crippen LogP contribution in [0.3, 0.4) is 0 Å². The number of phenolic OH excluding ortho intramolecular Hbond substituents is 1. The van der Waals surface area contributed by atoms with Crippen LogP contribution >= 0.6 is 0 Å². The van der Waals surface area contributed by atoms with Crippen LogP contribution < -0.4 is 0 Å². The molecule has 0 amide bonds. The molecule has 0 aliphatic heterocycles. The molecule has 35 heavy (non-hydrogen) atoms. The fourth-order valence-electron chi connectivity index (χ4n) is 7.70. The number of rotatable bonds is 3. The van der Waals surface area contributed by atoms with Gasteiger partial charge >= 0.3 is 0 Å². The molecule has 3 aliphatic carbocycles. The number of fused-ring (bicyclic) bond motifs is 3. The minimum atomic E-state index is -2.66. The van der Waals surface area contributed by atoms with Gasteiger partial charge in [-0.05, 0) is 54.2 Å². The first kappa shape index (κ1) is 25.4. The van der Waals surface area contributed by atoms with Crippen molar-refractivity contribution >= 4 is 28.9 Å². The molecule has 0 heterocycles. The average molecular weight is 483 g/mol. The number of phenols is 1. The summed E-state index contributed by atoms with van der Waals surface area (Å²) in [4.78, 5) is 67.4. The zero-order chi connectivity index (χ0) is 26.4. The summed E-state index contributed by atoms with van der Waals surface area (Å²) in [6.45, 7) is 12.0. The minimum Gasteiger partial charge on any atom is -0.507 e. The smallest absolute Gasteiger partial charge is 0.190 e. The van der Waals surface area contributed by atoms with E-state index in [0.29, 0.717) is 5.56 Å². The molecule has 0 spiro atoms. The van der Waals surface area contributed by atoms with E-state index in [-0.39, 0.29) is 36.0 Å². The Bertz CT molecular complexity index is 1190. The van der Waals surface area contributed by atoms with Crippen LogP contribution in [0.2, 0.25) is 0 Å². The Morgan fingerprint density at radius 3 is 2.14 bits per heavy atom. The van der Waals surface area contributed by atoms with Crippen molar-refractivity contribution in [2.24, 2.45) is 34.5 Å². The number of aliphatic hydroxyl groups is 1. The van der Waals surface area contributed by atoms with Gasteiger partial charge in [-0.2, -0.15) is 0 Å². The Morgan fingerprint density at radius 1 is 1.03 bits per heavy atom. The highest BCUT2D eigenvalue weighted by Gasteiger charge is 2.76. The van der Waals surface area contributed by atoms with Crippen molar-refractivity contribution in [3.05, 3.63) is 28.8 Å². The normalized spacial score (nSPS) is 36.8. The molecule has 188 valence electrons. The lowest BCUT2D eigenvalue weighted by Gasteiger charge is -2.62. The lowest BCUT2D eigenvalue weighted by molar-refractivity contribution is -0.205. The molecule has 2 fully saturated rings. The van der Waals surface area contributed by atoms with E-state index in [4.69, 9.17) is 0 Å². The van der Waals surface area contributed by atoms with Crippen LogP contribution in [0.15, 0.2) is 12.1 Å². The minimum absolute atomic E-state index is 0.0571. The van der Waals surface area contributed by atoms with Gasteiger partial charge in [0.25, 0.3) is 0 Å². The van der Waals surface area contributed by atoms with Gasteiger partial charge in [-0.3, -0.25) is 24.0 Å². The predicted molar refractivity (Wildman–Crippen MR) is 127 cm³/mol. The van der Waals surface area contributed by atoms with Crippen molar-refractivity contribution in [3.63, 3.8) is 0 Å². The fourth-order valence-corrected chi connectivity index (χ4v) is 7.70. The van der Waals surface area contributed by atoms with E-state index < -0.39 is 63.1 Å². The van der Waals surface area contributed by atoms with Crippen LogP contribution in [0.1, 0.15) is 82.3 Å². The lowest BCUT2D eigenvalue weighted by atomic mass is 9.39. The zero-order valence-electron chi connectivity index (χ0n) is 21.4. The van der Waals surface area contributed by atoms with Gasteiger partial charge in [0.15, 0.2) is 28.7 Å². The van der Waals surface area contributed by atoms with Crippen molar-refractivity contribution in [2.75, 3.05) is 0 Å². The van der Waals surface area contributed by atoms with Gasteiger partial charge in [0.2, 0.25) is 0 Å². The van der Waals surface area contributed by atoms with E-state index in [1.165, 1.54) is 6.07 Å². The van der Waals surface area contributed by atoms with Crippen LogP contribution in [-0.2, 0) is 25.6 Å². The third-order valence-corrected chi connectivity index (χ3v) is 8.92. The summed E-state index contributed by atoms with van der Waals surface area (Å²) in [5, 5.41) is 22.6. The van der Waals surface area contributed by atoms with E-state index in [1.807, 2.05) is 13.8 Å². The maximum atomic E-state index is 14.1. The second-order valence-corrected chi connectivity index (χ2v) is 12.0. The van der Waals surface area contributed by atoms with Gasteiger partial charge in [-0.1, -0.05) is 47.6 Å². The first-order chi connectivity index (χ1) is 16.0. The number of ketones is 5. The van der Waals surface area contributed by atoms with Gasteiger partial charge < -0.3 is 10.2 Å². The highest BCUT2D eigenvalue weighted by Crippen LogP contribution is 2.64. The van der Waals surface area contributed by atoms with E-state index in [0.717, 1.165) is 12.5 Å². The Labute approximate surface area is 205 Å². The summed E-state index contributed by atoms with van der Waals surface area (Å²) in [5.74, 6) is -8.58. The van der Waals surface area contributed by atoms with Crippen molar-refractivity contribution in [1.82, 2.24) is 0 Å². The quantitative estimate of drug-likeness (QED) is 0.634. The van der Waals surface area contributed by atoms with Gasteiger partial charge in [0.05, 0.1) is 11.5 Å². The van der Waals surface area contributed by atoms with Crippen LogP contribution in [0.25, 0.3) is 0 Å². The maximum Gasteiger partial charge on any atom is 0.190 e. The van der Waals surface area contributed by atoms with E-state index in [1.54, 1.807) is 33.8 Å². The number of benzene rings is 1. The van der Waals surface area contributed by atoms with Crippen molar-refractivity contribution < 1.29 is 34.2 Å². The molecule has 2 N–H and O–H groups in total. The van der Waals surface area contributed by atoms with E-state index in [9.17, 15) is 34.2 Å². The first-order valence-corrected chi connectivity index (χ1v) is 12.3. The van der Waals surface area contributed by atoms with E-state index in [2.05, 4.69) is 0 Å². The number of carbonyl (C=O) groups excluding carboxylic acids is 5. The molecule has 7 nitrogen and oxygen atoms in total. The summed E-state index contributed by atoms with van der Waals surface area (Å²) in [5.41, 5.74) is -3.53. The second kappa shape index (κ2) is 7.66. The molecule has 4 rings (SSSR count). The number of hydrogen-bond donors (Lipinski definition) is 2. The maximum absolute atomic E-state index is 14.1. The molecule has 6 atom stereocenters. The average Bonchev–Trinajstić information content (AvgIpc) is 2.69. The molecule has 3 aliphatic rings. The highest BCUT2D eigenvalue weighted by atomic mass is 16.3. The Balaban J connectivity index is 2.00. The number of carbonyl (C=O) groups is 5. The standard InChI is InChI=1S/C28H34O7/c1-12(2)15-8-9-17(30)19-16(15)10-26(6)11-27(7)20(13(3)4)22(31)18(14(5)29)24(33)28(27,35)25(34)21(26)23(19)32/h8-9,12-13,18,20-21,30,35H,10-11H2,1-7H3/t18?,20?,21?,26-,27-,28+/m1/s1. The summed E-state index contributed by atoms with van der Waals surface area (Å²) >= 11 is 0. The molecular formula is C28H34O7. The molecule has 0 aromatic heterocycles. The van der Waals surface area contributed by atoms with Crippen LogP contribution in [-0.4, -0.2) is 44.7 Å². The number of aromatic hydroxyl groups is 1. The molecule has 2 saturated carbocycles. The van der Waals surface area contributed by atoms with Crippen LogP contribution in [0, 0.1) is 34.5 Å². The summed E-state index contributed by atoms with van der Waals surface area (Å²) in [6, 6.07) is 3.21. The highest BCUT2D eigenvalue weighted by molar-refractivity contribution is 6.32. The third-order valence-electron chi connectivity index (χ3n) is 8.92. The summed E-state index contributed by atoms with van der Waals surface area (Å²) in [6.07, 6.45) is 0.345. The lowest BCUT2D eigenvalue weighted by Crippen LogP contribution is -2.76. The van der Waals surface area contributed by atoms with Gasteiger partial charge in [0.1, 0.15) is 17.5 Å². The second-order valence-electron chi connectivity index (χ2n) is 12.0. The molecule has 0 bridgehead atoms. The first-order valence-electron chi connectivity index (χ1n) is 12.3. The number of hydrogen-bond acceptors (Lipinski definition) is 7. The van der Waals surface area contributed by atoms with Gasteiger partial charge in [-0.15, -0.1) is 0 Å². The summed E-state index contributed by atoms with van der Waals surface area (Å²) in [7, 11) is 0. The molecule has 0 radical (unpaired) electrons.